The Hall–Kier alpha value is -1.01. The molecule has 0 aliphatic heterocycles. The highest BCUT2D eigenvalue weighted by molar-refractivity contribution is 6.35. The number of carbonyl (C=O) groups is 1. The van der Waals surface area contributed by atoms with Crippen LogP contribution in [0.5, 0.6) is 5.75 Å². The number of esters is 1. The molecule has 7 heteroatoms. The van der Waals surface area contributed by atoms with Crippen LogP contribution in [0.1, 0.15) is 31.7 Å². The molecule has 0 fully saturated rings. The number of rotatable bonds is 11. The predicted octanol–water partition coefficient (Wildman–Crippen LogP) is 3.15. The van der Waals surface area contributed by atoms with Crippen LogP contribution in [-0.4, -0.2) is 32.3 Å². The van der Waals surface area contributed by atoms with Gasteiger partial charge < -0.3 is 20.5 Å². The Balaban J connectivity index is 2.62. The van der Waals surface area contributed by atoms with E-state index in [-0.39, 0.29) is 6.61 Å². The highest BCUT2D eigenvalue weighted by Crippen LogP contribution is 2.32. The summed E-state index contributed by atoms with van der Waals surface area (Å²) in [6.45, 7) is 4.18. The molecule has 0 bridgehead atoms. The number of benzene rings is 1. The van der Waals surface area contributed by atoms with Gasteiger partial charge in [0.1, 0.15) is 5.75 Å². The number of ether oxygens (including phenoxy) is 2. The molecule has 1 rings (SSSR count). The maximum absolute atomic E-state index is 11.6. The van der Waals surface area contributed by atoms with Crippen LogP contribution in [0.2, 0.25) is 10.0 Å². The Kier molecular flexibility index (Phi) is 10.0. The smallest absolute Gasteiger partial charge is 0.344 e. The lowest BCUT2D eigenvalue weighted by atomic mass is 10.2. The van der Waals surface area contributed by atoms with Crippen molar-refractivity contribution < 1.29 is 14.3 Å². The van der Waals surface area contributed by atoms with Crippen LogP contribution in [0, 0.1) is 0 Å². The van der Waals surface area contributed by atoms with Gasteiger partial charge in [0.25, 0.3) is 0 Å². The van der Waals surface area contributed by atoms with Gasteiger partial charge in [0.05, 0.1) is 11.6 Å². The zero-order chi connectivity index (χ0) is 17.1. The summed E-state index contributed by atoms with van der Waals surface area (Å²) >= 11 is 12.2. The van der Waals surface area contributed by atoms with E-state index < -0.39 is 5.97 Å². The summed E-state index contributed by atoms with van der Waals surface area (Å²) in [5, 5.41) is 4.12. The second kappa shape index (κ2) is 11.5. The molecule has 1 aromatic rings. The van der Waals surface area contributed by atoms with Crippen molar-refractivity contribution in [2.45, 2.75) is 32.7 Å². The van der Waals surface area contributed by atoms with Crippen LogP contribution in [0.25, 0.3) is 0 Å². The molecule has 0 radical (unpaired) electrons. The Bertz CT molecular complexity index is 498. The SMILES string of the molecule is CCCCOC(=O)COc1c(Cl)cc(Cl)cc1CNCCCN. The third-order valence-electron chi connectivity index (χ3n) is 3.05. The Morgan fingerprint density at radius 2 is 2.09 bits per heavy atom. The number of hydrogen-bond donors (Lipinski definition) is 2. The van der Waals surface area contributed by atoms with E-state index in [2.05, 4.69) is 5.32 Å². The van der Waals surface area contributed by atoms with E-state index >= 15 is 0 Å². The van der Waals surface area contributed by atoms with E-state index in [0.717, 1.165) is 31.4 Å². The minimum absolute atomic E-state index is 0.180. The lowest BCUT2D eigenvalue weighted by Gasteiger charge is -2.14. The summed E-state index contributed by atoms with van der Waals surface area (Å²) in [6, 6.07) is 3.35. The average Bonchev–Trinajstić information content (AvgIpc) is 2.50. The first-order chi connectivity index (χ1) is 11.1. The van der Waals surface area contributed by atoms with Gasteiger partial charge in [0.2, 0.25) is 0 Å². The molecule has 0 spiro atoms. The summed E-state index contributed by atoms with van der Waals surface area (Å²) < 4.78 is 10.6. The largest absolute Gasteiger partial charge is 0.480 e. The van der Waals surface area contributed by atoms with Crippen molar-refractivity contribution in [2.75, 3.05) is 26.3 Å². The molecule has 1 aromatic carbocycles. The molecule has 5 nitrogen and oxygen atoms in total. The monoisotopic (exact) mass is 362 g/mol. The van der Waals surface area contributed by atoms with Crippen molar-refractivity contribution in [3.8, 4) is 5.75 Å². The maximum Gasteiger partial charge on any atom is 0.344 e. The van der Waals surface area contributed by atoms with Crippen molar-refractivity contribution >= 4 is 29.2 Å². The van der Waals surface area contributed by atoms with Gasteiger partial charge in [-0.15, -0.1) is 0 Å². The molecule has 0 saturated carbocycles. The molecular weight excluding hydrogens is 339 g/mol. The van der Waals surface area contributed by atoms with E-state index in [9.17, 15) is 4.79 Å². The number of halogens is 2. The predicted molar refractivity (Wildman–Crippen MR) is 93.2 cm³/mol. The summed E-state index contributed by atoms with van der Waals surface area (Å²) in [7, 11) is 0. The van der Waals surface area contributed by atoms with Gasteiger partial charge in [-0.05, 0) is 38.1 Å². The number of carbonyl (C=O) groups excluding carboxylic acids is 1. The minimum Gasteiger partial charge on any atom is -0.480 e. The maximum atomic E-state index is 11.6. The molecule has 0 aromatic heterocycles. The minimum atomic E-state index is -0.411. The van der Waals surface area contributed by atoms with Crippen LogP contribution in [0.4, 0.5) is 0 Å². The molecule has 0 amide bonds. The lowest BCUT2D eigenvalue weighted by Crippen LogP contribution is -2.20. The fourth-order valence-corrected chi connectivity index (χ4v) is 2.45. The molecule has 0 atom stereocenters. The van der Waals surface area contributed by atoms with Gasteiger partial charge in [-0.2, -0.15) is 0 Å². The van der Waals surface area contributed by atoms with Crippen molar-refractivity contribution in [3.05, 3.63) is 27.7 Å². The van der Waals surface area contributed by atoms with E-state index in [0.29, 0.717) is 35.5 Å². The first-order valence-corrected chi connectivity index (χ1v) is 8.51. The normalized spacial score (nSPS) is 10.6. The summed E-state index contributed by atoms with van der Waals surface area (Å²) in [5.74, 6) is 0.0373. The highest BCUT2D eigenvalue weighted by Gasteiger charge is 2.13. The molecular formula is C16H24Cl2N2O3. The fraction of sp³-hybridized carbons (Fsp3) is 0.562. The Labute approximate surface area is 147 Å². The van der Waals surface area contributed by atoms with Crippen LogP contribution < -0.4 is 15.8 Å². The topological polar surface area (TPSA) is 73.6 Å². The standard InChI is InChI=1S/C16H24Cl2N2O3/c1-2-3-7-22-15(21)11-23-16-12(10-20-6-4-5-19)8-13(17)9-14(16)18/h8-9,20H,2-7,10-11,19H2,1H3. The van der Waals surface area contributed by atoms with E-state index in [1.54, 1.807) is 12.1 Å². The van der Waals surface area contributed by atoms with Gasteiger partial charge in [-0.1, -0.05) is 36.5 Å². The van der Waals surface area contributed by atoms with Crippen LogP contribution >= 0.6 is 23.2 Å². The zero-order valence-corrected chi connectivity index (χ0v) is 14.9. The first kappa shape index (κ1) is 20.0. The van der Waals surface area contributed by atoms with Gasteiger partial charge in [-0.3, -0.25) is 0 Å². The summed E-state index contributed by atoms with van der Waals surface area (Å²) in [4.78, 5) is 11.6. The average molecular weight is 363 g/mol. The quantitative estimate of drug-likeness (QED) is 0.467. The van der Waals surface area contributed by atoms with Crippen molar-refractivity contribution in [1.29, 1.82) is 0 Å². The van der Waals surface area contributed by atoms with Crippen LogP contribution in [0.3, 0.4) is 0 Å². The van der Waals surface area contributed by atoms with Gasteiger partial charge in [-0.25, -0.2) is 4.79 Å². The summed E-state index contributed by atoms with van der Waals surface area (Å²) in [6.07, 6.45) is 2.67. The van der Waals surface area contributed by atoms with Gasteiger partial charge in [0.15, 0.2) is 6.61 Å². The van der Waals surface area contributed by atoms with E-state index in [1.165, 1.54) is 0 Å². The first-order valence-electron chi connectivity index (χ1n) is 7.75. The lowest BCUT2D eigenvalue weighted by molar-refractivity contribution is -0.146. The highest BCUT2D eigenvalue weighted by atomic mass is 35.5. The van der Waals surface area contributed by atoms with Gasteiger partial charge in [0, 0.05) is 17.1 Å². The Morgan fingerprint density at radius 3 is 2.78 bits per heavy atom. The second-order valence-electron chi connectivity index (χ2n) is 5.06. The molecule has 0 heterocycles. The van der Waals surface area contributed by atoms with E-state index in [1.807, 2.05) is 6.92 Å². The molecule has 0 aliphatic carbocycles. The van der Waals surface area contributed by atoms with Crippen molar-refractivity contribution in [1.82, 2.24) is 5.32 Å². The second-order valence-corrected chi connectivity index (χ2v) is 5.90. The van der Waals surface area contributed by atoms with Crippen LogP contribution in [0.15, 0.2) is 12.1 Å². The number of hydrogen-bond acceptors (Lipinski definition) is 5. The molecule has 0 aliphatic rings. The molecule has 130 valence electrons. The Morgan fingerprint density at radius 1 is 1.30 bits per heavy atom. The third kappa shape index (κ3) is 7.88. The molecule has 23 heavy (non-hydrogen) atoms. The fourth-order valence-electron chi connectivity index (χ4n) is 1.86. The molecule has 3 N–H and O–H groups in total. The summed E-state index contributed by atoms with van der Waals surface area (Å²) in [5.41, 5.74) is 6.25. The number of nitrogens with one attached hydrogen (secondary N) is 1. The van der Waals surface area contributed by atoms with Crippen molar-refractivity contribution in [3.63, 3.8) is 0 Å². The van der Waals surface area contributed by atoms with Crippen molar-refractivity contribution in [2.24, 2.45) is 5.73 Å². The van der Waals surface area contributed by atoms with E-state index in [4.69, 9.17) is 38.4 Å². The van der Waals surface area contributed by atoms with Gasteiger partial charge >= 0.3 is 5.97 Å². The van der Waals surface area contributed by atoms with Crippen LogP contribution in [-0.2, 0) is 16.1 Å². The third-order valence-corrected chi connectivity index (χ3v) is 3.55. The molecule has 0 unspecified atom stereocenters. The zero-order valence-electron chi connectivity index (χ0n) is 13.4. The number of unbranched alkanes of at least 4 members (excludes halogenated alkanes) is 1. The number of nitrogens with two attached hydrogens (primary N) is 1. The molecule has 0 saturated heterocycles.